The monoisotopic (exact) mass is 527 g/mol. The van der Waals surface area contributed by atoms with E-state index in [0.717, 1.165) is 22.9 Å². The summed E-state index contributed by atoms with van der Waals surface area (Å²) in [6.45, 7) is 0. The first-order chi connectivity index (χ1) is 13.8. The first-order valence-electron chi connectivity index (χ1n) is 8.93. The van der Waals surface area contributed by atoms with Crippen LogP contribution in [0.5, 0.6) is 0 Å². The molecular formula is C21H17Cl3N5O2V-3. The molecule has 0 spiro atoms. The summed E-state index contributed by atoms with van der Waals surface area (Å²) in [6, 6.07) is 5.43. The summed E-state index contributed by atoms with van der Waals surface area (Å²) in [5, 5.41) is 0. The molecule has 1 radical (unpaired) electrons. The molecule has 5 rings (SSSR count). The van der Waals surface area contributed by atoms with E-state index in [-0.39, 0.29) is 67.9 Å². The molecule has 0 fully saturated rings. The summed E-state index contributed by atoms with van der Waals surface area (Å²) >= 11 is 0. The van der Waals surface area contributed by atoms with Gasteiger partial charge in [0.25, 0.3) is 0 Å². The van der Waals surface area contributed by atoms with Gasteiger partial charge in [-0.1, -0.05) is 30.4 Å². The molecule has 0 bridgehead atoms. The first kappa shape index (κ1) is 27.9. The number of amidine groups is 2. The molecule has 0 aromatic carbocycles. The van der Waals surface area contributed by atoms with Gasteiger partial charge in [0.1, 0.15) is 46.4 Å². The molecule has 2 aliphatic carbocycles. The van der Waals surface area contributed by atoms with E-state index in [2.05, 4.69) is 20.0 Å². The van der Waals surface area contributed by atoms with Crippen LogP contribution >= 0.6 is 0 Å². The van der Waals surface area contributed by atoms with Crippen molar-refractivity contribution >= 4 is 23.1 Å². The van der Waals surface area contributed by atoms with Crippen LogP contribution in [0, 0.1) is 0 Å². The zero-order chi connectivity index (χ0) is 19.1. The van der Waals surface area contributed by atoms with E-state index in [1.165, 1.54) is 0 Å². The summed E-state index contributed by atoms with van der Waals surface area (Å²) in [5.41, 5.74) is 2.96. The number of halogens is 3. The van der Waals surface area contributed by atoms with Gasteiger partial charge in [0, 0.05) is 18.6 Å². The molecule has 2 aliphatic heterocycles. The Kier molecular flexibility index (Phi) is 10.1. The smallest absolute Gasteiger partial charge is 0.175 e. The average molecular weight is 529 g/mol. The number of hydrogen-bond donors (Lipinski definition) is 0. The van der Waals surface area contributed by atoms with E-state index in [1.807, 2.05) is 54.7 Å². The molecule has 1 aromatic rings. The topological polar surface area (TPSA) is 80.8 Å². The van der Waals surface area contributed by atoms with Crippen molar-refractivity contribution in [3.8, 4) is 0 Å². The van der Waals surface area contributed by atoms with Gasteiger partial charge in [-0.3, -0.25) is 9.98 Å². The van der Waals surface area contributed by atoms with E-state index in [9.17, 15) is 0 Å². The number of nitrogens with zero attached hydrogens (tertiary/aromatic N) is 5. The third-order valence-electron chi connectivity index (χ3n) is 4.77. The fourth-order valence-electron chi connectivity index (χ4n) is 3.42. The fourth-order valence-corrected chi connectivity index (χ4v) is 3.42. The standard InChI is InChI=1S/C21H17N5O2.3ClH.V/c1-27-16-10-4-6-12-18(16)25-20(23-12)14-8-3-9-15(22-14)21-24-13-7-5-11-17(28-2)19(13)26-21;;;;/h3-13H,1-2H3;3*1H;/p-3. The van der Waals surface area contributed by atoms with E-state index >= 15 is 0 Å². The van der Waals surface area contributed by atoms with Gasteiger partial charge >= 0.3 is 0 Å². The van der Waals surface area contributed by atoms with Crippen LogP contribution in [0.25, 0.3) is 0 Å². The number of fused-ring (bicyclic) bond motifs is 2. The van der Waals surface area contributed by atoms with Gasteiger partial charge in [0.15, 0.2) is 11.7 Å². The maximum absolute atomic E-state index is 5.39. The van der Waals surface area contributed by atoms with Crippen LogP contribution in [-0.4, -0.2) is 54.4 Å². The zero-order valence-electron chi connectivity index (χ0n) is 17.0. The Morgan fingerprint density at radius 3 is 1.56 bits per heavy atom. The Morgan fingerprint density at radius 1 is 0.719 bits per heavy atom. The second-order valence-electron chi connectivity index (χ2n) is 6.44. The molecule has 11 heteroatoms. The molecule has 0 saturated carbocycles. The van der Waals surface area contributed by atoms with Crippen molar-refractivity contribution in [1.82, 2.24) is 4.98 Å². The third-order valence-corrected chi connectivity index (χ3v) is 4.77. The second-order valence-corrected chi connectivity index (χ2v) is 6.44. The van der Waals surface area contributed by atoms with Crippen LogP contribution in [0.1, 0.15) is 11.4 Å². The van der Waals surface area contributed by atoms with E-state index in [4.69, 9.17) is 14.5 Å². The Balaban J connectivity index is 0.00000128. The number of aliphatic imine (C=N–C) groups is 4. The fraction of sp³-hybridized carbons (Fsp3) is 0.190. The van der Waals surface area contributed by atoms with Crippen molar-refractivity contribution < 1.29 is 65.3 Å². The number of ether oxygens (including phenoxy) is 2. The number of rotatable bonds is 4. The maximum atomic E-state index is 5.39. The van der Waals surface area contributed by atoms with Crippen LogP contribution in [0.3, 0.4) is 0 Å². The zero-order valence-corrected chi connectivity index (χ0v) is 20.6. The van der Waals surface area contributed by atoms with Gasteiger partial charge < -0.3 is 46.7 Å². The predicted octanol–water partition coefficient (Wildman–Crippen LogP) is -6.57. The van der Waals surface area contributed by atoms with E-state index < -0.39 is 0 Å². The first-order valence-corrected chi connectivity index (χ1v) is 8.93. The largest absolute Gasteiger partial charge is 1.00 e. The van der Waals surface area contributed by atoms with Crippen LogP contribution in [0.4, 0.5) is 0 Å². The third kappa shape index (κ3) is 4.92. The molecule has 7 nitrogen and oxygen atoms in total. The average Bonchev–Trinajstić information content (AvgIpc) is 3.37. The predicted molar refractivity (Wildman–Crippen MR) is 108 cm³/mol. The summed E-state index contributed by atoms with van der Waals surface area (Å²) in [6.07, 6.45) is 11.6. The normalized spacial score (nSPS) is 21.3. The summed E-state index contributed by atoms with van der Waals surface area (Å²) in [5.74, 6) is 2.61. The minimum Gasteiger partial charge on any atom is -1.00 e. The van der Waals surface area contributed by atoms with Crippen LogP contribution in [0.15, 0.2) is 86.1 Å². The summed E-state index contributed by atoms with van der Waals surface area (Å²) < 4.78 is 10.8. The maximum Gasteiger partial charge on any atom is 0.175 e. The van der Waals surface area contributed by atoms with E-state index in [0.29, 0.717) is 23.1 Å². The van der Waals surface area contributed by atoms with Crippen molar-refractivity contribution in [2.75, 3.05) is 14.2 Å². The minimum atomic E-state index is -0.133. The van der Waals surface area contributed by atoms with Gasteiger partial charge in [-0.2, -0.15) is 0 Å². The van der Waals surface area contributed by atoms with Crippen molar-refractivity contribution in [1.29, 1.82) is 0 Å². The number of hydrogen-bond acceptors (Lipinski definition) is 7. The van der Waals surface area contributed by atoms with Gasteiger partial charge in [-0.05, 0) is 24.3 Å². The molecule has 1 aromatic heterocycles. The Labute approximate surface area is 216 Å². The summed E-state index contributed by atoms with van der Waals surface area (Å²) in [7, 11) is 3.27. The minimum absolute atomic E-state index is 0. The molecule has 167 valence electrons. The molecular weight excluding hydrogens is 512 g/mol. The number of methoxy groups -OCH3 is 2. The van der Waals surface area contributed by atoms with Crippen LogP contribution < -0.4 is 37.2 Å². The van der Waals surface area contributed by atoms with Gasteiger partial charge in [0.05, 0.1) is 14.2 Å². The van der Waals surface area contributed by atoms with Gasteiger partial charge in [0.2, 0.25) is 0 Å². The molecule has 2 atom stereocenters. The van der Waals surface area contributed by atoms with Crippen molar-refractivity contribution in [2.45, 2.75) is 12.1 Å². The SMILES string of the molecule is COC1=CC=CC2N=C(c3cccc(C4=NC5C=CC=C(OC)C5=N4)n3)N=C12.[Cl-].[Cl-].[Cl-].[V]. The van der Waals surface area contributed by atoms with Crippen molar-refractivity contribution in [3.63, 3.8) is 0 Å². The number of pyridine rings is 1. The quantitative estimate of drug-likeness (QED) is 0.390. The molecule has 2 unspecified atom stereocenters. The van der Waals surface area contributed by atoms with Crippen LogP contribution in [0.2, 0.25) is 0 Å². The van der Waals surface area contributed by atoms with Crippen molar-refractivity contribution in [3.05, 3.63) is 77.6 Å². The number of allylic oxidation sites excluding steroid dienone is 4. The molecule has 32 heavy (non-hydrogen) atoms. The molecule has 0 N–H and O–H groups in total. The molecule has 4 aliphatic rings. The Hall–Kier alpha value is -2.16. The van der Waals surface area contributed by atoms with Crippen molar-refractivity contribution in [2.24, 2.45) is 20.0 Å². The number of aromatic nitrogens is 1. The van der Waals surface area contributed by atoms with Gasteiger partial charge in [-0.25, -0.2) is 15.0 Å². The molecule has 0 saturated heterocycles. The molecule has 3 heterocycles. The van der Waals surface area contributed by atoms with E-state index in [1.54, 1.807) is 14.2 Å². The Morgan fingerprint density at radius 2 is 1.16 bits per heavy atom. The molecule has 0 amide bonds. The Bertz CT molecular complexity index is 1040. The summed E-state index contributed by atoms with van der Waals surface area (Å²) in [4.78, 5) is 23.3. The second kappa shape index (κ2) is 11.6. The van der Waals surface area contributed by atoms with Crippen LogP contribution in [-0.2, 0) is 28.0 Å². The van der Waals surface area contributed by atoms with Gasteiger partial charge in [-0.15, -0.1) is 0 Å².